The van der Waals surface area contributed by atoms with Crippen LogP contribution in [0.5, 0.6) is 0 Å². The third kappa shape index (κ3) is 18.9. The summed E-state index contributed by atoms with van der Waals surface area (Å²) in [6.45, 7) is 10.1. The Kier molecular flexibility index (Phi) is 60.4. The van der Waals surface area contributed by atoms with Crippen molar-refractivity contribution in [2.45, 2.75) is 20.8 Å². The molecular weight excluding hydrogens is 337 g/mol. The third-order valence-electron chi connectivity index (χ3n) is 1.34. The summed E-state index contributed by atoms with van der Waals surface area (Å²) in [4.78, 5) is 2.38. The number of hydrogen-bond acceptors (Lipinski definition) is 1. The zero-order valence-electron chi connectivity index (χ0n) is 7.20. The Balaban J connectivity index is -0.0000000300. The molecule has 0 saturated carbocycles. The molecule has 69 valence electrons. The van der Waals surface area contributed by atoms with E-state index < -0.39 is 0 Å². The molecule has 0 rings (SSSR count). The van der Waals surface area contributed by atoms with Gasteiger partial charge in [0, 0.05) is 0 Å². The van der Waals surface area contributed by atoms with Crippen molar-refractivity contribution >= 4 is 0 Å². The van der Waals surface area contributed by atoms with Crippen molar-refractivity contribution in [3.63, 3.8) is 0 Å². The van der Waals surface area contributed by atoms with Gasteiger partial charge in [0.1, 0.15) is 0 Å². The summed E-state index contributed by atoms with van der Waals surface area (Å²) in [5.41, 5.74) is 0. The molecule has 0 aliphatic carbocycles. The normalized spacial score (nSPS) is 6.55. The minimum Gasteiger partial charge on any atom is -1.00 e. The van der Waals surface area contributed by atoms with Gasteiger partial charge in [-0.1, -0.05) is 20.8 Å². The number of nitrogens with zero attached hydrogens (tertiary/aromatic N) is 1. The molecule has 0 bridgehead atoms. The van der Waals surface area contributed by atoms with E-state index >= 15 is 0 Å². The van der Waals surface area contributed by atoms with Gasteiger partial charge >= 0.3 is 40.8 Å². The molecule has 11 heavy (non-hydrogen) atoms. The fraction of sp³-hybridized carbons (Fsp3) is 1.00. The van der Waals surface area contributed by atoms with Gasteiger partial charge < -0.3 is 42.1 Å². The molecule has 0 N–H and O–H groups in total. The van der Waals surface area contributed by atoms with Crippen LogP contribution in [0, 0.1) is 40.8 Å². The second-order valence-corrected chi connectivity index (χ2v) is 1.62. The Labute approximate surface area is 122 Å². The minimum absolute atomic E-state index is 0. The Morgan fingerprint density at radius 2 is 0.909 bits per heavy atom. The van der Waals surface area contributed by atoms with E-state index in [-0.39, 0.29) is 78.1 Å². The Morgan fingerprint density at radius 3 is 0.909 bits per heavy atom. The van der Waals surface area contributed by atoms with Crippen LogP contribution in [-0.4, -0.2) is 24.5 Å². The third-order valence-corrected chi connectivity index (χ3v) is 1.34. The standard InChI is InChI=1S/C6H15N.3ClH.Nd/c1-4-7(5-2)6-3;;;;/h4-6H2,1-3H3;3*1H;/q;;;;+3/p-3. The molecule has 0 aliphatic rings. The molecule has 1 radical (unpaired) electrons. The first-order valence-corrected chi connectivity index (χ1v) is 3.07. The maximum atomic E-state index is 2.38. The summed E-state index contributed by atoms with van der Waals surface area (Å²) in [5, 5.41) is 0. The Hall–Kier alpha value is 2.18. The maximum Gasteiger partial charge on any atom is 3.00 e. The fourth-order valence-corrected chi connectivity index (χ4v) is 0.671. The summed E-state index contributed by atoms with van der Waals surface area (Å²) in [6.07, 6.45) is 0. The average molecular weight is 352 g/mol. The van der Waals surface area contributed by atoms with Gasteiger partial charge in [0.25, 0.3) is 0 Å². The molecule has 0 aromatic heterocycles. The van der Waals surface area contributed by atoms with Gasteiger partial charge in [0.2, 0.25) is 0 Å². The smallest absolute Gasteiger partial charge is 1.00 e. The summed E-state index contributed by atoms with van der Waals surface area (Å²) < 4.78 is 0. The van der Waals surface area contributed by atoms with E-state index in [1.165, 1.54) is 19.6 Å². The SMILES string of the molecule is CCN(CC)CC.[Cl-].[Cl-].[Cl-].[Nd+3]. The fourth-order valence-electron chi connectivity index (χ4n) is 0.671. The van der Waals surface area contributed by atoms with Crippen LogP contribution in [0.25, 0.3) is 0 Å². The van der Waals surface area contributed by atoms with Gasteiger partial charge in [-0.25, -0.2) is 0 Å². The molecule has 1 nitrogen and oxygen atoms in total. The summed E-state index contributed by atoms with van der Waals surface area (Å²) in [6, 6.07) is 0. The van der Waals surface area contributed by atoms with Crippen molar-refractivity contribution in [2.75, 3.05) is 19.6 Å². The van der Waals surface area contributed by atoms with E-state index in [0.29, 0.717) is 0 Å². The topological polar surface area (TPSA) is 3.24 Å². The monoisotopic (exact) mass is 348 g/mol. The van der Waals surface area contributed by atoms with E-state index in [0.717, 1.165) is 0 Å². The van der Waals surface area contributed by atoms with Gasteiger partial charge in [0.15, 0.2) is 0 Å². The molecule has 0 aliphatic heterocycles. The van der Waals surface area contributed by atoms with E-state index in [2.05, 4.69) is 25.7 Å². The minimum atomic E-state index is 0. The molecule has 0 atom stereocenters. The van der Waals surface area contributed by atoms with Crippen LogP contribution >= 0.6 is 0 Å². The second kappa shape index (κ2) is 22.8. The molecular formula is C6H15Cl3NNd. The van der Waals surface area contributed by atoms with Crippen LogP contribution in [0.2, 0.25) is 0 Å². The van der Waals surface area contributed by atoms with Crippen LogP contribution in [0.15, 0.2) is 0 Å². The first-order valence-electron chi connectivity index (χ1n) is 3.07. The van der Waals surface area contributed by atoms with Crippen LogP contribution < -0.4 is 37.2 Å². The van der Waals surface area contributed by atoms with Gasteiger partial charge in [-0.3, -0.25) is 0 Å². The van der Waals surface area contributed by atoms with Crippen LogP contribution in [0.4, 0.5) is 0 Å². The molecule has 0 aromatic rings. The molecule has 0 spiro atoms. The van der Waals surface area contributed by atoms with Crippen LogP contribution in [-0.2, 0) is 0 Å². The first kappa shape index (κ1) is 29.2. The molecule has 0 unspecified atom stereocenters. The van der Waals surface area contributed by atoms with Gasteiger partial charge in [0.05, 0.1) is 0 Å². The molecule has 0 fully saturated rings. The number of rotatable bonds is 3. The molecule has 0 aromatic carbocycles. The average Bonchev–Trinajstić information content (AvgIpc) is 1.72. The van der Waals surface area contributed by atoms with Crippen molar-refractivity contribution in [3.8, 4) is 0 Å². The number of hydrogen-bond donors (Lipinski definition) is 0. The predicted octanol–water partition coefficient (Wildman–Crippen LogP) is -7.64. The molecule has 5 heteroatoms. The van der Waals surface area contributed by atoms with Crippen LogP contribution in [0.1, 0.15) is 20.8 Å². The van der Waals surface area contributed by atoms with Gasteiger partial charge in [-0.15, -0.1) is 0 Å². The van der Waals surface area contributed by atoms with Crippen molar-refractivity contribution in [3.05, 3.63) is 0 Å². The first-order chi connectivity index (χ1) is 3.35. The van der Waals surface area contributed by atoms with E-state index in [9.17, 15) is 0 Å². The van der Waals surface area contributed by atoms with Crippen LogP contribution in [0.3, 0.4) is 0 Å². The van der Waals surface area contributed by atoms with Gasteiger partial charge in [-0.05, 0) is 19.6 Å². The maximum absolute atomic E-state index is 2.38. The predicted molar refractivity (Wildman–Crippen MR) is 33.5 cm³/mol. The van der Waals surface area contributed by atoms with Crippen molar-refractivity contribution in [2.24, 2.45) is 0 Å². The zero-order chi connectivity index (χ0) is 5.70. The quantitative estimate of drug-likeness (QED) is 0.488. The van der Waals surface area contributed by atoms with Crippen molar-refractivity contribution in [1.82, 2.24) is 4.90 Å². The second-order valence-electron chi connectivity index (χ2n) is 1.62. The Bertz CT molecular complexity index is 39.3. The van der Waals surface area contributed by atoms with E-state index in [1.54, 1.807) is 0 Å². The van der Waals surface area contributed by atoms with E-state index in [4.69, 9.17) is 0 Å². The molecule has 0 heterocycles. The summed E-state index contributed by atoms with van der Waals surface area (Å²) >= 11 is 0. The summed E-state index contributed by atoms with van der Waals surface area (Å²) in [5.74, 6) is 0. The van der Waals surface area contributed by atoms with Gasteiger partial charge in [-0.2, -0.15) is 0 Å². The van der Waals surface area contributed by atoms with Crippen molar-refractivity contribution in [1.29, 1.82) is 0 Å². The molecule has 0 saturated heterocycles. The zero-order valence-corrected chi connectivity index (χ0v) is 12.7. The largest absolute Gasteiger partial charge is 3.00 e. The van der Waals surface area contributed by atoms with E-state index in [1.807, 2.05) is 0 Å². The Morgan fingerprint density at radius 1 is 0.727 bits per heavy atom. The molecule has 0 amide bonds. The van der Waals surface area contributed by atoms with Crippen molar-refractivity contribution < 1.29 is 78.1 Å². The summed E-state index contributed by atoms with van der Waals surface area (Å²) in [7, 11) is 0. The number of halogens is 3.